The van der Waals surface area contributed by atoms with Crippen LogP contribution < -0.4 is 4.74 Å². The van der Waals surface area contributed by atoms with Crippen molar-refractivity contribution in [2.45, 2.75) is 31.5 Å². The molecule has 2 aromatic rings. The van der Waals surface area contributed by atoms with Gasteiger partial charge in [-0.05, 0) is 48.1 Å². The van der Waals surface area contributed by atoms with Crippen molar-refractivity contribution in [3.63, 3.8) is 0 Å². The number of nitrogens with zero attached hydrogens (tertiary/aromatic N) is 1. The monoisotopic (exact) mass is 381 g/mol. The topological polar surface area (TPSA) is 59.0 Å². The van der Waals surface area contributed by atoms with Crippen LogP contribution in [0.3, 0.4) is 0 Å². The lowest BCUT2D eigenvalue weighted by molar-refractivity contribution is -0.143. The summed E-state index contributed by atoms with van der Waals surface area (Å²) < 4.78 is 11.5. The van der Waals surface area contributed by atoms with Gasteiger partial charge in [0.25, 0.3) is 0 Å². The highest BCUT2D eigenvalue weighted by molar-refractivity contribution is 5.70. The number of carboxylic acids is 1. The Balaban J connectivity index is 1.39. The van der Waals surface area contributed by atoms with E-state index in [1.807, 2.05) is 24.3 Å². The van der Waals surface area contributed by atoms with Crippen LogP contribution in [-0.4, -0.2) is 42.7 Å². The maximum Gasteiger partial charge on any atom is 0.308 e. The van der Waals surface area contributed by atoms with Crippen LogP contribution in [0.1, 0.15) is 29.5 Å². The smallest absolute Gasteiger partial charge is 0.308 e. The molecule has 1 saturated heterocycles. The first-order chi connectivity index (χ1) is 13.6. The van der Waals surface area contributed by atoms with Crippen molar-refractivity contribution < 1.29 is 19.4 Å². The Kier molecular flexibility index (Phi) is 5.38. The largest absolute Gasteiger partial charge is 0.497 e. The van der Waals surface area contributed by atoms with Crippen molar-refractivity contribution in [3.05, 3.63) is 65.2 Å². The van der Waals surface area contributed by atoms with E-state index in [9.17, 15) is 9.90 Å². The lowest BCUT2D eigenvalue weighted by atomic mass is 9.83. The molecule has 5 nitrogen and oxygen atoms in total. The number of benzene rings is 2. The molecule has 0 saturated carbocycles. The molecule has 1 atom stereocenters. The lowest BCUT2D eigenvalue weighted by Gasteiger charge is -2.40. The van der Waals surface area contributed by atoms with E-state index in [1.54, 1.807) is 7.11 Å². The number of likely N-dealkylation sites (tertiary alicyclic amines) is 1. The molecular formula is C23H27NO4. The molecule has 0 aliphatic carbocycles. The summed E-state index contributed by atoms with van der Waals surface area (Å²) in [6.45, 7) is 2.96. The molecule has 5 heteroatoms. The minimum atomic E-state index is -0.745. The summed E-state index contributed by atoms with van der Waals surface area (Å²) in [6, 6.07) is 16.1. The number of piperidine rings is 1. The first-order valence-electron chi connectivity index (χ1n) is 9.90. The third-order valence-corrected chi connectivity index (χ3v) is 6.12. The van der Waals surface area contributed by atoms with E-state index >= 15 is 0 Å². The van der Waals surface area contributed by atoms with Gasteiger partial charge < -0.3 is 19.5 Å². The summed E-state index contributed by atoms with van der Waals surface area (Å²) in [4.78, 5) is 14.1. The average molecular weight is 381 g/mol. The van der Waals surface area contributed by atoms with E-state index in [0.717, 1.165) is 37.2 Å². The number of carbonyl (C=O) groups is 1. The van der Waals surface area contributed by atoms with Gasteiger partial charge in [-0.1, -0.05) is 36.4 Å². The van der Waals surface area contributed by atoms with Crippen LogP contribution in [0.5, 0.6) is 5.75 Å². The second kappa shape index (κ2) is 7.94. The van der Waals surface area contributed by atoms with Crippen molar-refractivity contribution in [2.24, 2.45) is 5.92 Å². The molecule has 2 heterocycles. The van der Waals surface area contributed by atoms with E-state index in [-0.39, 0.29) is 5.60 Å². The van der Waals surface area contributed by atoms with Crippen LogP contribution in [0.2, 0.25) is 0 Å². The van der Waals surface area contributed by atoms with E-state index in [1.165, 1.54) is 11.1 Å². The number of ether oxygens (including phenoxy) is 2. The molecular weight excluding hydrogens is 354 g/mol. The number of fused-ring (bicyclic) bond motifs is 2. The van der Waals surface area contributed by atoms with Crippen LogP contribution in [-0.2, 0) is 28.2 Å². The fourth-order valence-electron chi connectivity index (χ4n) is 4.52. The maximum atomic E-state index is 11.9. The molecule has 2 aromatic carbocycles. The van der Waals surface area contributed by atoms with Gasteiger partial charge in [-0.25, -0.2) is 0 Å². The van der Waals surface area contributed by atoms with Crippen LogP contribution in [0.25, 0.3) is 0 Å². The Hall–Kier alpha value is -2.37. The van der Waals surface area contributed by atoms with Crippen LogP contribution in [0.15, 0.2) is 48.5 Å². The van der Waals surface area contributed by atoms with Gasteiger partial charge in [0.1, 0.15) is 5.75 Å². The molecule has 0 amide bonds. The molecule has 4 rings (SSSR count). The molecule has 1 unspecified atom stereocenters. The highest BCUT2D eigenvalue weighted by Crippen LogP contribution is 2.44. The summed E-state index contributed by atoms with van der Waals surface area (Å²) in [7, 11) is 1.63. The SMILES string of the molecule is COc1cccc(CC(CN2CCC3(CC2)OCc2ccccc23)C(=O)O)c1. The molecule has 2 aliphatic rings. The van der Waals surface area contributed by atoms with E-state index in [2.05, 4.69) is 29.2 Å². The quantitative estimate of drug-likeness (QED) is 0.830. The van der Waals surface area contributed by atoms with Crippen molar-refractivity contribution in [1.29, 1.82) is 0 Å². The molecule has 0 aromatic heterocycles. The number of aliphatic carboxylic acids is 1. The zero-order valence-electron chi connectivity index (χ0n) is 16.3. The molecule has 0 bridgehead atoms. The second-order valence-corrected chi connectivity index (χ2v) is 7.83. The standard InChI is InChI=1S/C23H27NO4/c1-27-20-7-4-5-17(14-20)13-19(22(25)26)15-24-11-9-23(10-12-24)21-8-3-2-6-18(21)16-28-23/h2-8,14,19H,9-13,15-16H2,1H3,(H,25,26). The summed E-state index contributed by atoms with van der Waals surface area (Å²) in [6.07, 6.45) is 2.33. The Morgan fingerprint density at radius 3 is 2.75 bits per heavy atom. The van der Waals surface area contributed by atoms with Gasteiger partial charge >= 0.3 is 5.97 Å². The Bertz CT molecular complexity index is 842. The van der Waals surface area contributed by atoms with Crippen LogP contribution in [0, 0.1) is 5.92 Å². The zero-order chi connectivity index (χ0) is 19.6. The van der Waals surface area contributed by atoms with Crippen LogP contribution >= 0.6 is 0 Å². The molecule has 148 valence electrons. The molecule has 2 aliphatic heterocycles. The van der Waals surface area contributed by atoms with Crippen molar-refractivity contribution >= 4 is 5.97 Å². The minimum Gasteiger partial charge on any atom is -0.497 e. The summed E-state index contributed by atoms with van der Waals surface area (Å²) in [5.41, 5.74) is 3.42. The third-order valence-electron chi connectivity index (χ3n) is 6.12. The number of carboxylic acid groups (broad SMARTS) is 1. The maximum absolute atomic E-state index is 11.9. The predicted molar refractivity (Wildman–Crippen MR) is 106 cm³/mol. The van der Waals surface area contributed by atoms with Crippen LogP contribution in [0.4, 0.5) is 0 Å². The summed E-state index contributed by atoms with van der Waals surface area (Å²) in [5, 5.41) is 9.74. The summed E-state index contributed by atoms with van der Waals surface area (Å²) in [5.74, 6) is -0.415. The fraction of sp³-hybridized carbons (Fsp3) is 0.435. The Morgan fingerprint density at radius 2 is 2.00 bits per heavy atom. The van der Waals surface area contributed by atoms with Gasteiger partial charge in [0, 0.05) is 19.6 Å². The van der Waals surface area contributed by atoms with Gasteiger partial charge in [-0.2, -0.15) is 0 Å². The molecule has 0 radical (unpaired) electrons. The number of methoxy groups -OCH3 is 1. The number of hydrogen-bond donors (Lipinski definition) is 1. The van der Waals surface area contributed by atoms with E-state index < -0.39 is 11.9 Å². The zero-order valence-corrected chi connectivity index (χ0v) is 16.3. The minimum absolute atomic E-state index is 0.182. The first-order valence-corrected chi connectivity index (χ1v) is 9.90. The third kappa shape index (κ3) is 3.77. The van der Waals surface area contributed by atoms with Gasteiger partial charge in [-0.15, -0.1) is 0 Å². The summed E-state index contributed by atoms with van der Waals surface area (Å²) >= 11 is 0. The predicted octanol–water partition coefficient (Wildman–Crippen LogP) is 3.46. The van der Waals surface area contributed by atoms with Crippen molar-refractivity contribution in [1.82, 2.24) is 4.90 Å². The van der Waals surface area contributed by atoms with E-state index in [4.69, 9.17) is 9.47 Å². The number of rotatable bonds is 6. The molecule has 28 heavy (non-hydrogen) atoms. The normalized spacial score (nSPS) is 19.3. The second-order valence-electron chi connectivity index (χ2n) is 7.83. The lowest BCUT2D eigenvalue weighted by Crippen LogP contribution is -2.45. The van der Waals surface area contributed by atoms with Gasteiger partial charge in [-0.3, -0.25) is 4.79 Å². The Labute approximate surface area is 165 Å². The molecule has 1 N–H and O–H groups in total. The molecule has 1 fully saturated rings. The van der Waals surface area contributed by atoms with E-state index in [0.29, 0.717) is 19.6 Å². The van der Waals surface area contributed by atoms with Gasteiger partial charge in [0.05, 0.1) is 25.2 Å². The average Bonchev–Trinajstić information content (AvgIpc) is 3.08. The van der Waals surface area contributed by atoms with Crippen molar-refractivity contribution in [2.75, 3.05) is 26.7 Å². The highest BCUT2D eigenvalue weighted by atomic mass is 16.5. The highest BCUT2D eigenvalue weighted by Gasteiger charge is 2.42. The van der Waals surface area contributed by atoms with Crippen molar-refractivity contribution in [3.8, 4) is 5.75 Å². The Morgan fingerprint density at radius 1 is 1.21 bits per heavy atom. The van der Waals surface area contributed by atoms with Gasteiger partial charge in [0.15, 0.2) is 0 Å². The van der Waals surface area contributed by atoms with Gasteiger partial charge in [0.2, 0.25) is 0 Å². The molecule has 1 spiro atoms. The first kappa shape index (κ1) is 19.0. The number of hydrogen-bond acceptors (Lipinski definition) is 4. The fourth-order valence-corrected chi connectivity index (χ4v) is 4.52.